The summed E-state index contributed by atoms with van der Waals surface area (Å²) in [4.78, 5) is 10.00. The second-order valence-electron chi connectivity index (χ2n) is 6.29. The molecule has 3 aromatic rings. The summed E-state index contributed by atoms with van der Waals surface area (Å²) in [6.07, 6.45) is 1.81. The van der Waals surface area contributed by atoms with Gasteiger partial charge in [-0.2, -0.15) is 0 Å². The Labute approximate surface area is 157 Å². The Morgan fingerprint density at radius 1 is 1.19 bits per heavy atom. The third-order valence-corrected chi connectivity index (χ3v) is 5.27. The van der Waals surface area contributed by atoms with Gasteiger partial charge in [-0.1, -0.05) is 24.3 Å². The normalized spacial score (nSPS) is 14.2. The highest BCUT2D eigenvalue weighted by Crippen LogP contribution is 2.24. The fraction of sp³-hybridized carbons (Fsp3) is 0.300. The molecule has 0 aliphatic rings. The van der Waals surface area contributed by atoms with E-state index in [0.29, 0.717) is 19.0 Å². The average Bonchev–Trinajstić information content (AvgIpc) is 3.20. The van der Waals surface area contributed by atoms with Crippen LogP contribution < -0.4 is 10.6 Å². The molecule has 0 saturated heterocycles. The molecule has 0 bridgehead atoms. The van der Waals surface area contributed by atoms with Crippen LogP contribution in [0, 0.1) is 0 Å². The summed E-state index contributed by atoms with van der Waals surface area (Å²) in [5.41, 5.74) is 1.16. The minimum Gasteiger partial charge on any atom is -0.383 e. The molecule has 1 aromatic carbocycles. The zero-order valence-electron chi connectivity index (χ0n) is 15.1. The molecule has 0 radical (unpaired) electrons. The van der Waals surface area contributed by atoms with Gasteiger partial charge >= 0.3 is 0 Å². The molecule has 0 saturated carbocycles. The van der Waals surface area contributed by atoms with Crippen molar-refractivity contribution in [3.63, 3.8) is 0 Å². The minimum absolute atomic E-state index is 0.385. The monoisotopic (exact) mass is 368 g/mol. The molecular formula is C20H24N4OS. The maximum absolute atomic E-state index is 10.7. The third-order valence-electron chi connectivity index (χ3n) is 4.14. The van der Waals surface area contributed by atoms with E-state index in [4.69, 9.17) is 0 Å². The van der Waals surface area contributed by atoms with E-state index in [2.05, 4.69) is 26.7 Å². The van der Waals surface area contributed by atoms with Crippen LogP contribution in [0.4, 0.5) is 0 Å². The van der Waals surface area contributed by atoms with Crippen LogP contribution >= 0.6 is 11.3 Å². The molecule has 0 aliphatic carbocycles. The first-order valence-electron chi connectivity index (χ1n) is 8.71. The zero-order valence-corrected chi connectivity index (χ0v) is 15.9. The molecule has 1 atom stereocenters. The van der Waals surface area contributed by atoms with Gasteiger partial charge in [-0.25, -0.2) is 4.99 Å². The Kier molecular flexibility index (Phi) is 5.85. The van der Waals surface area contributed by atoms with Crippen molar-refractivity contribution < 1.29 is 5.11 Å². The predicted molar refractivity (Wildman–Crippen MR) is 108 cm³/mol. The average molecular weight is 369 g/mol. The summed E-state index contributed by atoms with van der Waals surface area (Å²) < 4.78 is 0. The zero-order chi connectivity index (χ0) is 18.4. The van der Waals surface area contributed by atoms with Gasteiger partial charge in [0.25, 0.3) is 0 Å². The number of aliphatic hydroxyl groups is 1. The number of aliphatic imine (C=N–C) groups is 1. The van der Waals surface area contributed by atoms with Gasteiger partial charge in [0, 0.05) is 23.0 Å². The summed E-state index contributed by atoms with van der Waals surface area (Å²) in [7, 11) is 0. The van der Waals surface area contributed by atoms with Crippen molar-refractivity contribution in [1.29, 1.82) is 0 Å². The topological polar surface area (TPSA) is 69.5 Å². The highest BCUT2D eigenvalue weighted by Gasteiger charge is 2.24. The van der Waals surface area contributed by atoms with Crippen molar-refractivity contribution >= 4 is 28.2 Å². The standard InChI is InChI=1S/C20H24N4OS/c1-3-21-19(24-14-20(2,25)18-9-6-12-26-18)23-13-15-10-11-22-17-8-5-4-7-16(15)17/h4-12,25H,3,13-14H2,1-2H3,(H2,21,23,24). The minimum atomic E-state index is -0.937. The van der Waals surface area contributed by atoms with E-state index in [0.717, 1.165) is 27.9 Å². The number of nitrogens with zero attached hydrogens (tertiary/aromatic N) is 2. The van der Waals surface area contributed by atoms with Gasteiger partial charge < -0.3 is 15.7 Å². The molecule has 2 aromatic heterocycles. The summed E-state index contributed by atoms with van der Waals surface area (Å²) in [5.74, 6) is 0.685. The molecule has 6 heteroatoms. The number of para-hydroxylation sites is 1. The van der Waals surface area contributed by atoms with Crippen LogP contribution in [0.25, 0.3) is 10.9 Å². The summed E-state index contributed by atoms with van der Waals surface area (Å²) >= 11 is 1.55. The molecule has 2 heterocycles. The fourth-order valence-electron chi connectivity index (χ4n) is 2.73. The number of rotatable bonds is 6. The van der Waals surface area contributed by atoms with Crippen LogP contribution in [-0.2, 0) is 12.1 Å². The Bertz CT molecular complexity index is 869. The van der Waals surface area contributed by atoms with E-state index in [-0.39, 0.29) is 0 Å². The Morgan fingerprint density at radius 3 is 2.81 bits per heavy atom. The highest BCUT2D eigenvalue weighted by molar-refractivity contribution is 7.10. The number of pyridine rings is 1. The van der Waals surface area contributed by atoms with Gasteiger partial charge in [-0.3, -0.25) is 4.98 Å². The van der Waals surface area contributed by atoms with Gasteiger partial charge in [-0.15, -0.1) is 11.3 Å². The van der Waals surface area contributed by atoms with Crippen LogP contribution in [0.2, 0.25) is 0 Å². The first kappa shape index (κ1) is 18.4. The molecule has 1 unspecified atom stereocenters. The lowest BCUT2D eigenvalue weighted by Gasteiger charge is -2.23. The van der Waals surface area contributed by atoms with Crippen LogP contribution in [-0.4, -0.2) is 29.1 Å². The van der Waals surface area contributed by atoms with Gasteiger partial charge in [-0.05, 0) is 43.0 Å². The summed E-state index contributed by atoms with van der Waals surface area (Å²) in [6.45, 7) is 5.52. The van der Waals surface area contributed by atoms with Gasteiger partial charge in [0.2, 0.25) is 0 Å². The van der Waals surface area contributed by atoms with E-state index < -0.39 is 5.60 Å². The first-order valence-corrected chi connectivity index (χ1v) is 9.59. The van der Waals surface area contributed by atoms with Crippen LogP contribution in [0.3, 0.4) is 0 Å². The van der Waals surface area contributed by atoms with E-state index in [1.54, 1.807) is 11.3 Å². The van der Waals surface area contributed by atoms with Crippen molar-refractivity contribution in [2.24, 2.45) is 4.99 Å². The lowest BCUT2D eigenvalue weighted by molar-refractivity contribution is 0.0655. The molecule has 136 valence electrons. The molecule has 26 heavy (non-hydrogen) atoms. The molecule has 3 N–H and O–H groups in total. The fourth-order valence-corrected chi connectivity index (χ4v) is 3.51. The molecule has 3 rings (SSSR count). The maximum Gasteiger partial charge on any atom is 0.191 e. The number of thiophene rings is 1. The quantitative estimate of drug-likeness (QED) is 0.461. The molecule has 0 amide bonds. The van der Waals surface area contributed by atoms with Gasteiger partial charge in [0.05, 0.1) is 18.6 Å². The second kappa shape index (κ2) is 8.29. The van der Waals surface area contributed by atoms with Crippen molar-refractivity contribution in [3.05, 3.63) is 64.5 Å². The van der Waals surface area contributed by atoms with Gasteiger partial charge in [0.15, 0.2) is 5.96 Å². The SMILES string of the molecule is CCNC(=NCc1ccnc2ccccc12)NCC(C)(O)c1cccs1. The van der Waals surface area contributed by atoms with Crippen molar-refractivity contribution in [1.82, 2.24) is 15.6 Å². The number of fused-ring (bicyclic) bond motifs is 1. The van der Waals surface area contributed by atoms with Crippen LogP contribution in [0.1, 0.15) is 24.3 Å². The lowest BCUT2D eigenvalue weighted by Crippen LogP contribution is -2.44. The number of hydrogen-bond donors (Lipinski definition) is 3. The number of aromatic nitrogens is 1. The second-order valence-corrected chi connectivity index (χ2v) is 7.23. The van der Waals surface area contributed by atoms with Crippen LogP contribution in [0.15, 0.2) is 59.0 Å². The molecule has 0 spiro atoms. The van der Waals surface area contributed by atoms with Crippen LogP contribution in [0.5, 0.6) is 0 Å². The summed E-state index contributed by atoms with van der Waals surface area (Å²) in [6, 6.07) is 14.0. The Morgan fingerprint density at radius 2 is 2.04 bits per heavy atom. The Hall–Kier alpha value is -2.44. The molecule has 5 nitrogen and oxygen atoms in total. The Balaban J connectivity index is 1.73. The highest BCUT2D eigenvalue weighted by atomic mass is 32.1. The number of hydrogen-bond acceptors (Lipinski definition) is 4. The molecule has 0 fully saturated rings. The van der Waals surface area contributed by atoms with E-state index in [1.807, 2.05) is 61.8 Å². The first-order chi connectivity index (χ1) is 12.6. The van der Waals surface area contributed by atoms with E-state index in [1.165, 1.54) is 0 Å². The lowest BCUT2D eigenvalue weighted by atomic mass is 10.1. The number of nitrogens with one attached hydrogen (secondary N) is 2. The number of benzene rings is 1. The smallest absolute Gasteiger partial charge is 0.191 e. The van der Waals surface area contributed by atoms with Crippen molar-refractivity contribution in [3.8, 4) is 0 Å². The molecular weight excluding hydrogens is 344 g/mol. The molecule has 0 aliphatic heterocycles. The van der Waals surface area contributed by atoms with Crippen molar-refractivity contribution in [2.75, 3.05) is 13.1 Å². The van der Waals surface area contributed by atoms with Gasteiger partial charge in [0.1, 0.15) is 5.60 Å². The van der Waals surface area contributed by atoms with E-state index >= 15 is 0 Å². The summed E-state index contributed by atoms with van der Waals surface area (Å²) in [5, 5.41) is 20.2. The number of guanidine groups is 1. The largest absolute Gasteiger partial charge is 0.383 e. The van der Waals surface area contributed by atoms with Crippen molar-refractivity contribution in [2.45, 2.75) is 26.0 Å². The maximum atomic E-state index is 10.7. The third kappa shape index (κ3) is 4.39. The van der Waals surface area contributed by atoms with E-state index in [9.17, 15) is 5.11 Å². The predicted octanol–water partition coefficient (Wildman–Crippen LogP) is 3.26.